The quantitative estimate of drug-likeness (QED) is 0.817. The molecule has 6 nitrogen and oxygen atoms in total. The van der Waals surface area contributed by atoms with Crippen LogP contribution in [0.4, 0.5) is 4.79 Å². The molecule has 0 heterocycles. The summed E-state index contributed by atoms with van der Waals surface area (Å²) in [6.45, 7) is 8.01. The van der Waals surface area contributed by atoms with Gasteiger partial charge in [-0.3, -0.25) is 4.79 Å². The Morgan fingerprint density at radius 3 is 2.45 bits per heavy atom. The number of alkyl carbamates (subject to hydrolysis) is 1. The summed E-state index contributed by atoms with van der Waals surface area (Å²) in [5, 5.41) is 3.03. The van der Waals surface area contributed by atoms with E-state index in [9.17, 15) is 9.59 Å². The van der Waals surface area contributed by atoms with Gasteiger partial charge in [0.15, 0.2) is 0 Å². The van der Waals surface area contributed by atoms with E-state index in [1.54, 1.807) is 0 Å². The van der Waals surface area contributed by atoms with Gasteiger partial charge in [-0.05, 0) is 72.5 Å². The molecule has 0 bridgehead atoms. The molecule has 0 unspecified atom stereocenters. The van der Waals surface area contributed by atoms with Crippen molar-refractivity contribution in [2.45, 2.75) is 70.6 Å². The number of hydrogen-bond acceptors (Lipinski definition) is 4. The molecule has 1 aromatic carbocycles. The molecule has 0 radical (unpaired) electrons. The van der Waals surface area contributed by atoms with Crippen LogP contribution in [0, 0.1) is 6.92 Å². The summed E-state index contributed by atoms with van der Waals surface area (Å²) in [6, 6.07) is 8.38. The van der Waals surface area contributed by atoms with E-state index < -0.39 is 11.7 Å². The van der Waals surface area contributed by atoms with E-state index in [4.69, 9.17) is 4.74 Å². The molecule has 29 heavy (non-hydrogen) atoms. The maximum Gasteiger partial charge on any atom is 0.407 e. The van der Waals surface area contributed by atoms with Crippen molar-refractivity contribution < 1.29 is 14.3 Å². The van der Waals surface area contributed by atoms with Crippen molar-refractivity contribution in [2.75, 3.05) is 27.7 Å². The lowest BCUT2D eigenvalue weighted by molar-refractivity contribution is -0.133. The first-order chi connectivity index (χ1) is 13.5. The van der Waals surface area contributed by atoms with Gasteiger partial charge in [-0.25, -0.2) is 4.79 Å². The summed E-state index contributed by atoms with van der Waals surface area (Å²) in [4.78, 5) is 28.8. The molecular weight excluding hydrogens is 366 g/mol. The summed E-state index contributed by atoms with van der Waals surface area (Å²) < 4.78 is 5.46. The first-order valence-corrected chi connectivity index (χ1v) is 10.4. The van der Waals surface area contributed by atoms with Gasteiger partial charge in [0.2, 0.25) is 5.91 Å². The number of rotatable bonds is 5. The highest BCUT2D eigenvalue weighted by molar-refractivity contribution is 5.78. The minimum absolute atomic E-state index is 0.0564. The molecule has 0 aromatic heterocycles. The molecule has 6 heteroatoms. The molecule has 1 aromatic rings. The van der Waals surface area contributed by atoms with Gasteiger partial charge in [-0.2, -0.15) is 0 Å². The summed E-state index contributed by atoms with van der Waals surface area (Å²) >= 11 is 0. The van der Waals surface area contributed by atoms with Gasteiger partial charge in [-0.15, -0.1) is 0 Å². The van der Waals surface area contributed by atoms with Crippen molar-refractivity contribution in [3.8, 4) is 0 Å². The van der Waals surface area contributed by atoms with Gasteiger partial charge in [0.05, 0.1) is 18.6 Å². The Morgan fingerprint density at radius 1 is 1.17 bits per heavy atom. The standard InChI is InChI=1S/C23H37N3O3/c1-16-9-8-10-17(13-16)18-11-12-19(24-22(28)29-23(2,3)4)20(14-18)26(7)21(27)15-25(5)6/h8-10,13,18-20H,11-12,14-15H2,1-7H3,(H,24,28)/t18-,19-,20-/m0/s1. The second kappa shape index (κ2) is 9.61. The van der Waals surface area contributed by atoms with Gasteiger partial charge in [0.1, 0.15) is 5.60 Å². The van der Waals surface area contributed by atoms with Crippen molar-refractivity contribution >= 4 is 12.0 Å². The fourth-order valence-electron chi connectivity index (χ4n) is 4.00. The molecule has 1 fully saturated rings. The molecule has 3 atom stereocenters. The van der Waals surface area contributed by atoms with Crippen LogP contribution in [0.2, 0.25) is 0 Å². The van der Waals surface area contributed by atoms with Crippen LogP contribution in [0.1, 0.15) is 57.1 Å². The summed E-state index contributed by atoms with van der Waals surface area (Å²) in [5.41, 5.74) is 2.00. The number of nitrogens with zero attached hydrogens (tertiary/aromatic N) is 2. The molecule has 0 saturated heterocycles. The Hall–Kier alpha value is -2.08. The molecule has 2 rings (SSSR count). The van der Waals surface area contributed by atoms with Crippen molar-refractivity contribution in [1.29, 1.82) is 0 Å². The second-order valence-electron chi connectivity index (χ2n) is 9.49. The first kappa shape index (κ1) is 23.2. The van der Waals surface area contributed by atoms with Crippen molar-refractivity contribution in [2.24, 2.45) is 0 Å². The summed E-state index contributed by atoms with van der Waals surface area (Å²) in [7, 11) is 5.62. The molecule has 0 aliphatic heterocycles. The van der Waals surface area contributed by atoms with Crippen LogP contribution in [0.25, 0.3) is 0 Å². The van der Waals surface area contributed by atoms with E-state index in [0.29, 0.717) is 12.5 Å². The van der Waals surface area contributed by atoms with E-state index >= 15 is 0 Å². The van der Waals surface area contributed by atoms with Gasteiger partial charge in [0.25, 0.3) is 0 Å². The number of aryl methyl sites for hydroxylation is 1. The van der Waals surface area contributed by atoms with E-state index in [-0.39, 0.29) is 18.0 Å². The first-order valence-electron chi connectivity index (χ1n) is 10.4. The Bertz CT molecular complexity index is 712. The van der Waals surface area contributed by atoms with Crippen LogP contribution in [-0.2, 0) is 9.53 Å². The number of nitrogens with one attached hydrogen (secondary N) is 1. The summed E-state index contributed by atoms with van der Waals surface area (Å²) in [6.07, 6.45) is 2.17. The monoisotopic (exact) mass is 403 g/mol. The van der Waals surface area contributed by atoms with Gasteiger partial charge in [0, 0.05) is 7.05 Å². The zero-order chi connectivity index (χ0) is 21.8. The number of carbonyl (C=O) groups is 2. The highest BCUT2D eigenvalue weighted by atomic mass is 16.6. The van der Waals surface area contributed by atoms with E-state index in [1.807, 2.05) is 51.7 Å². The molecule has 1 N–H and O–H groups in total. The third kappa shape index (κ3) is 7.03. The van der Waals surface area contributed by atoms with Crippen LogP contribution in [-0.4, -0.2) is 67.2 Å². The zero-order valence-electron chi connectivity index (χ0n) is 19.0. The highest BCUT2D eigenvalue weighted by Crippen LogP contribution is 2.35. The minimum atomic E-state index is -0.551. The molecule has 1 aliphatic rings. The van der Waals surface area contributed by atoms with Crippen molar-refractivity contribution in [3.63, 3.8) is 0 Å². The van der Waals surface area contributed by atoms with Crippen LogP contribution in [0.5, 0.6) is 0 Å². The third-order valence-corrected chi connectivity index (χ3v) is 5.37. The predicted molar refractivity (Wildman–Crippen MR) is 116 cm³/mol. The van der Waals surface area contributed by atoms with Crippen molar-refractivity contribution in [3.05, 3.63) is 35.4 Å². The predicted octanol–water partition coefficient (Wildman–Crippen LogP) is 3.54. The highest BCUT2D eigenvalue weighted by Gasteiger charge is 2.37. The molecule has 0 spiro atoms. The number of carbonyl (C=O) groups excluding carboxylic acids is 2. The fourth-order valence-corrected chi connectivity index (χ4v) is 4.00. The SMILES string of the molecule is Cc1cccc([C@H]2CC[C@H](NC(=O)OC(C)(C)C)[C@@H](N(C)C(=O)CN(C)C)C2)c1. The van der Waals surface area contributed by atoms with E-state index in [1.165, 1.54) is 11.1 Å². The van der Waals surface area contributed by atoms with Crippen LogP contribution in [0.3, 0.4) is 0 Å². The minimum Gasteiger partial charge on any atom is -0.444 e. The lowest BCUT2D eigenvalue weighted by Crippen LogP contribution is -2.56. The summed E-state index contributed by atoms with van der Waals surface area (Å²) in [5.74, 6) is 0.423. The maximum atomic E-state index is 12.8. The van der Waals surface area contributed by atoms with E-state index in [0.717, 1.165) is 19.3 Å². The van der Waals surface area contributed by atoms with Crippen molar-refractivity contribution in [1.82, 2.24) is 15.1 Å². The van der Waals surface area contributed by atoms with Crippen LogP contribution >= 0.6 is 0 Å². The number of amides is 2. The molecule has 1 aliphatic carbocycles. The second-order valence-corrected chi connectivity index (χ2v) is 9.49. The maximum absolute atomic E-state index is 12.8. The molecule has 1 saturated carbocycles. The zero-order valence-corrected chi connectivity index (χ0v) is 19.0. The Morgan fingerprint density at radius 2 is 1.86 bits per heavy atom. The lowest BCUT2D eigenvalue weighted by Gasteiger charge is -2.42. The smallest absolute Gasteiger partial charge is 0.407 e. The van der Waals surface area contributed by atoms with Crippen LogP contribution in [0.15, 0.2) is 24.3 Å². The van der Waals surface area contributed by atoms with Gasteiger partial charge < -0.3 is 19.9 Å². The normalized spacial score (nSPS) is 22.3. The number of ether oxygens (including phenoxy) is 1. The molecular formula is C23H37N3O3. The van der Waals surface area contributed by atoms with Gasteiger partial charge >= 0.3 is 6.09 Å². The Balaban J connectivity index is 2.19. The Labute approximate surface area is 175 Å². The number of benzene rings is 1. The van der Waals surface area contributed by atoms with Crippen LogP contribution < -0.4 is 5.32 Å². The fraction of sp³-hybridized carbons (Fsp3) is 0.652. The number of hydrogen-bond donors (Lipinski definition) is 1. The van der Waals surface area contributed by atoms with Gasteiger partial charge in [-0.1, -0.05) is 29.8 Å². The topological polar surface area (TPSA) is 61.9 Å². The third-order valence-electron chi connectivity index (χ3n) is 5.37. The molecule has 2 amide bonds. The Kier molecular flexibility index (Phi) is 7.69. The molecule has 162 valence electrons. The lowest BCUT2D eigenvalue weighted by atomic mass is 9.78. The van der Waals surface area contributed by atoms with E-state index in [2.05, 4.69) is 36.5 Å². The number of likely N-dealkylation sites (N-methyl/N-ethyl adjacent to an activating group) is 2. The average molecular weight is 404 g/mol. The average Bonchev–Trinajstić information content (AvgIpc) is 2.59. The largest absolute Gasteiger partial charge is 0.444 e.